The van der Waals surface area contributed by atoms with E-state index in [0.717, 1.165) is 23.5 Å². The van der Waals surface area contributed by atoms with Crippen LogP contribution >= 0.6 is 22.9 Å². The molecule has 3 heterocycles. The second-order valence-corrected chi connectivity index (χ2v) is 10.7. The van der Waals surface area contributed by atoms with E-state index in [9.17, 15) is 24.3 Å². The number of amides is 4. The molecule has 1 aromatic carbocycles. The van der Waals surface area contributed by atoms with Gasteiger partial charge in [0.1, 0.15) is 21.4 Å². The number of carbonyl (C=O) groups excluding carboxylic acids is 3. The van der Waals surface area contributed by atoms with Crippen LogP contribution < -0.4 is 16.2 Å². The van der Waals surface area contributed by atoms with Gasteiger partial charge >= 0.3 is 6.09 Å². The van der Waals surface area contributed by atoms with Crippen LogP contribution in [0.3, 0.4) is 0 Å². The van der Waals surface area contributed by atoms with E-state index in [1.807, 2.05) is 12.3 Å². The molecule has 0 radical (unpaired) electrons. The fourth-order valence-corrected chi connectivity index (χ4v) is 5.58. The van der Waals surface area contributed by atoms with Crippen LogP contribution in [0, 0.1) is 6.92 Å². The monoisotopic (exact) mass is 570 g/mol. The Bertz CT molecular complexity index is 1400. The summed E-state index contributed by atoms with van der Waals surface area (Å²) in [6.07, 6.45) is 0.233. The Labute approximate surface area is 233 Å². The van der Waals surface area contributed by atoms with Gasteiger partial charge in [0.05, 0.1) is 6.04 Å². The summed E-state index contributed by atoms with van der Waals surface area (Å²) in [5.74, 6) is -1.93. The molecule has 3 aromatic rings. The van der Waals surface area contributed by atoms with E-state index >= 15 is 0 Å². The van der Waals surface area contributed by atoms with E-state index in [-0.39, 0.29) is 34.8 Å². The third kappa shape index (κ3) is 6.70. The molecular weight excluding hydrogens is 544 g/mol. The zero-order valence-corrected chi connectivity index (χ0v) is 22.8. The number of aryl methyl sites for hydroxylation is 1. The van der Waals surface area contributed by atoms with Gasteiger partial charge in [0.25, 0.3) is 17.7 Å². The summed E-state index contributed by atoms with van der Waals surface area (Å²) < 4.78 is 0. The molecule has 1 aliphatic rings. The van der Waals surface area contributed by atoms with Crippen molar-refractivity contribution in [2.75, 3.05) is 6.54 Å². The zero-order valence-electron chi connectivity index (χ0n) is 21.2. The SMILES string of the molecule is Cc1csc([C@H]2CCCN2C(=O)c2cc(Cl)nc(C(=O)NNC(=O)[C@@](C)(Cc3ccccc3)NC(=O)O)c2)n1. The van der Waals surface area contributed by atoms with Gasteiger partial charge in [0.2, 0.25) is 0 Å². The van der Waals surface area contributed by atoms with Crippen molar-refractivity contribution in [3.05, 3.63) is 80.5 Å². The fourth-order valence-electron chi connectivity index (χ4n) is 4.43. The smallest absolute Gasteiger partial charge is 0.405 e. The van der Waals surface area contributed by atoms with E-state index in [2.05, 4.69) is 26.1 Å². The summed E-state index contributed by atoms with van der Waals surface area (Å²) in [7, 11) is 0. The van der Waals surface area contributed by atoms with E-state index in [4.69, 9.17) is 11.6 Å². The minimum absolute atomic E-state index is 0.0333. The summed E-state index contributed by atoms with van der Waals surface area (Å²) in [5, 5.41) is 14.2. The van der Waals surface area contributed by atoms with Crippen molar-refractivity contribution in [3.8, 4) is 0 Å². The highest BCUT2D eigenvalue weighted by atomic mass is 35.5. The number of halogens is 1. The lowest BCUT2D eigenvalue weighted by molar-refractivity contribution is -0.127. The van der Waals surface area contributed by atoms with Crippen molar-refractivity contribution in [3.63, 3.8) is 0 Å². The maximum atomic E-state index is 13.4. The quantitative estimate of drug-likeness (QED) is 0.250. The van der Waals surface area contributed by atoms with Crippen LogP contribution in [0.2, 0.25) is 5.15 Å². The van der Waals surface area contributed by atoms with Crippen molar-refractivity contribution >= 4 is 46.8 Å². The van der Waals surface area contributed by atoms with Crippen LogP contribution in [0.1, 0.15) is 62.9 Å². The highest BCUT2D eigenvalue weighted by Crippen LogP contribution is 2.35. The Hall–Kier alpha value is -4.03. The molecule has 2 aromatic heterocycles. The van der Waals surface area contributed by atoms with Gasteiger partial charge in [-0.15, -0.1) is 11.3 Å². The average Bonchev–Trinajstić information content (AvgIpc) is 3.55. The van der Waals surface area contributed by atoms with Crippen molar-refractivity contribution in [2.45, 2.75) is 44.7 Å². The summed E-state index contributed by atoms with van der Waals surface area (Å²) in [4.78, 5) is 60.8. The number of hydrogen-bond donors (Lipinski definition) is 4. The first-order valence-corrected chi connectivity index (χ1v) is 13.4. The fraction of sp³-hybridized carbons (Fsp3) is 0.308. The van der Waals surface area contributed by atoms with E-state index in [0.29, 0.717) is 12.1 Å². The molecule has 0 unspecified atom stereocenters. The van der Waals surface area contributed by atoms with Gasteiger partial charge in [-0.3, -0.25) is 25.2 Å². The maximum absolute atomic E-state index is 13.4. The predicted molar refractivity (Wildman–Crippen MR) is 144 cm³/mol. The van der Waals surface area contributed by atoms with Crippen LogP contribution in [0.5, 0.6) is 0 Å². The molecule has 0 aliphatic carbocycles. The Kier molecular flexibility index (Phi) is 8.46. The lowest BCUT2D eigenvalue weighted by Gasteiger charge is -2.28. The average molecular weight is 571 g/mol. The van der Waals surface area contributed by atoms with Crippen LogP contribution in [0.4, 0.5) is 4.79 Å². The number of carboxylic acid groups (broad SMARTS) is 1. The maximum Gasteiger partial charge on any atom is 0.405 e. The van der Waals surface area contributed by atoms with Crippen molar-refractivity contribution < 1.29 is 24.3 Å². The van der Waals surface area contributed by atoms with E-state index in [1.165, 1.54) is 30.4 Å². The second-order valence-electron chi connectivity index (χ2n) is 9.38. The number of nitrogens with zero attached hydrogens (tertiary/aromatic N) is 3. The van der Waals surface area contributed by atoms with Crippen LogP contribution in [-0.4, -0.2) is 55.9 Å². The Balaban J connectivity index is 1.47. The lowest BCUT2D eigenvalue weighted by Crippen LogP contribution is -2.61. The van der Waals surface area contributed by atoms with Crippen molar-refractivity contribution in [1.29, 1.82) is 0 Å². The Morgan fingerprint density at radius 3 is 2.56 bits per heavy atom. The molecule has 1 fully saturated rings. The number of aromatic nitrogens is 2. The highest BCUT2D eigenvalue weighted by Gasteiger charge is 2.36. The molecule has 1 saturated heterocycles. The summed E-state index contributed by atoms with van der Waals surface area (Å²) in [6.45, 7) is 3.84. The van der Waals surface area contributed by atoms with E-state index < -0.39 is 23.4 Å². The molecular formula is C26H27ClN6O5S. The first kappa shape index (κ1) is 28.0. The molecule has 4 N–H and O–H groups in total. The minimum Gasteiger partial charge on any atom is -0.465 e. The normalized spacial score (nSPS) is 16.3. The van der Waals surface area contributed by atoms with Gasteiger partial charge in [-0.1, -0.05) is 41.9 Å². The summed E-state index contributed by atoms with van der Waals surface area (Å²) in [6, 6.07) is 11.4. The molecule has 204 valence electrons. The molecule has 0 saturated carbocycles. The summed E-state index contributed by atoms with van der Waals surface area (Å²) in [5.41, 5.74) is 4.48. The van der Waals surface area contributed by atoms with Crippen molar-refractivity contribution in [2.24, 2.45) is 0 Å². The predicted octanol–water partition coefficient (Wildman–Crippen LogP) is 3.51. The Morgan fingerprint density at radius 1 is 1.15 bits per heavy atom. The third-order valence-corrected chi connectivity index (χ3v) is 7.54. The van der Waals surface area contributed by atoms with Gasteiger partial charge in [0.15, 0.2) is 0 Å². The number of carbonyl (C=O) groups is 4. The van der Waals surface area contributed by atoms with Gasteiger partial charge < -0.3 is 15.3 Å². The number of nitrogens with one attached hydrogen (secondary N) is 3. The number of pyridine rings is 1. The van der Waals surface area contributed by atoms with Crippen LogP contribution in [-0.2, 0) is 11.2 Å². The number of rotatable bonds is 7. The number of thiazole rings is 1. The molecule has 1 aliphatic heterocycles. The highest BCUT2D eigenvalue weighted by molar-refractivity contribution is 7.09. The van der Waals surface area contributed by atoms with Gasteiger partial charge in [-0.25, -0.2) is 14.8 Å². The largest absolute Gasteiger partial charge is 0.465 e. The molecule has 39 heavy (non-hydrogen) atoms. The molecule has 0 spiro atoms. The number of likely N-dealkylation sites (tertiary alicyclic amines) is 1. The zero-order chi connectivity index (χ0) is 28.2. The van der Waals surface area contributed by atoms with Crippen LogP contribution in [0.15, 0.2) is 47.8 Å². The molecule has 0 bridgehead atoms. The molecule has 4 amide bonds. The van der Waals surface area contributed by atoms with Crippen LogP contribution in [0.25, 0.3) is 0 Å². The number of hydrazine groups is 1. The molecule has 4 rings (SSSR count). The summed E-state index contributed by atoms with van der Waals surface area (Å²) >= 11 is 7.65. The van der Waals surface area contributed by atoms with Gasteiger partial charge in [-0.05, 0) is 44.4 Å². The minimum atomic E-state index is -1.59. The number of benzene rings is 1. The number of hydrogen-bond acceptors (Lipinski definition) is 7. The second kappa shape index (κ2) is 11.8. The molecule has 13 heteroatoms. The molecule has 11 nitrogen and oxygen atoms in total. The third-order valence-electron chi connectivity index (χ3n) is 6.28. The van der Waals surface area contributed by atoms with Gasteiger partial charge in [0, 0.05) is 29.6 Å². The topological polar surface area (TPSA) is 154 Å². The first-order valence-electron chi connectivity index (χ1n) is 12.1. The standard InChI is InChI=1S/C26H27ClN6O5S/c1-15-14-39-22(28-15)19-9-6-10-33(19)23(35)17-11-18(29-20(27)12-17)21(34)31-32-24(36)26(2,30-25(37)38)13-16-7-4-3-5-8-16/h3-5,7-8,11-12,14,19,30H,6,9-10,13H2,1-2H3,(H,31,34)(H,32,36)(H,37,38)/t19-,26-/m1/s1. The van der Waals surface area contributed by atoms with Crippen molar-refractivity contribution in [1.82, 2.24) is 31.0 Å². The Morgan fingerprint density at radius 2 is 1.90 bits per heavy atom. The molecule has 2 atom stereocenters. The first-order chi connectivity index (χ1) is 18.6. The van der Waals surface area contributed by atoms with Gasteiger partial charge in [-0.2, -0.15) is 0 Å². The lowest BCUT2D eigenvalue weighted by atomic mass is 9.92. The van der Waals surface area contributed by atoms with E-state index in [1.54, 1.807) is 35.2 Å².